The number of hydrazine groups is 1. The Hall–Kier alpha value is -0.0800. The summed E-state index contributed by atoms with van der Waals surface area (Å²) >= 11 is 0. The summed E-state index contributed by atoms with van der Waals surface area (Å²) in [6.07, 6.45) is 14.2. The van der Waals surface area contributed by atoms with E-state index < -0.39 is 0 Å². The third kappa shape index (κ3) is 3.96. The van der Waals surface area contributed by atoms with Crippen LogP contribution in [0, 0.1) is 17.8 Å². The van der Waals surface area contributed by atoms with Gasteiger partial charge in [-0.2, -0.15) is 0 Å². The molecular formula is C15H30N2. The van der Waals surface area contributed by atoms with Gasteiger partial charge in [-0.15, -0.1) is 0 Å². The predicted octanol–water partition coefficient (Wildman–Crippen LogP) is 3.62. The van der Waals surface area contributed by atoms with Crippen molar-refractivity contribution in [3.8, 4) is 0 Å². The van der Waals surface area contributed by atoms with Crippen LogP contribution in [0.2, 0.25) is 0 Å². The maximum absolute atomic E-state index is 5.77. The fourth-order valence-electron chi connectivity index (χ4n) is 3.86. The van der Waals surface area contributed by atoms with Crippen molar-refractivity contribution in [1.29, 1.82) is 0 Å². The second-order valence-corrected chi connectivity index (χ2v) is 6.52. The van der Waals surface area contributed by atoms with Gasteiger partial charge in [0.25, 0.3) is 0 Å². The third-order valence-electron chi connectivity index (χ3n) is 5.20. The van der Waals surface area contributed by atoms with Crippen LogP contribution in [0.15, 0.2) is 0 Å². The highest BCUT2D eigenvalue weighted by molar-refractivity contribution is 4.81. The Morgan fingerprint density at radius 2 is 1.71 bits per heavy atom. The van der Waals surface area contributed by atoms with Gasteiger partial charge in [-0.1, -0.05) is 45.4 Å². The van der Waals surface area contributed by atoms with E-state index in [1.165, 1.54) is 64.2 Å². The number of nitrogens with two attached hydrogens (primary N) is 1. The van der Waals surface area contributed by atoms with Gasteiger partial charge in [0.2, 0.25) is 0 Å². The van der Waals surface area contributed by atoms with Crippen molar-refractivity contribution in [2.45, 2.75) is 77.2 Å². The standard InChI is InChI=1S/C15H30N2/c1-12-6-9-14(10-7-12)15(17-16)11-8-13-4-2-3-5-13/h12-15,17H,2-11,16H2,1H3. The van der Waals surface area contributed by atoms with Gasteiger partial charge in [0.05, 0.1) is 0 Å². The monoisotopic (exact) mass is 238 g/mol. The molecule has 0 spiro atoms. The molecule has 100 valence electrons. The van der Waals surface area contributed by atoms with E-state index in [1.54, 1.807) is 0 Å². The van der Waals surface area contributed by atoms with Gasteiger partial charge in [0.15, 0.2) is 0 Å². The molecule has 2 saturated carbocycles. The number of nitrogens with one attached hydrogen (secondary N) is 1. The number of hydrogen-bond donors (Lipinski definition) is 2. The van der Waals surface area contributed by atoms with Gasteiger partial charge in [-0.25, -0.2) is 0 Å². The molecular weight excluding hydrogens is 208 g/mol. The molecule has 0 aromatic rings. The molecule has 1 unspecified atom stereocenters. The van der Waals surface area contributed by atoms with Crippen LogP contribution in [-0.4, -0.2) is 6.04 Å². The van der Waals surface area contributed by atoms with E-state index in [9.17, 15) is 0 Å². The van der Waals surface area contributed by atoms with E-state index in [2.05, 4.69) is 12.3 Å². The van der Waals surface area contributed by atoms with Crippen molar-refractivity contribution in [2.24, 2.45) is 23.6 Å². The zero-order valence-corrected chi connectivity index (χ0v) is 11.5. The predicted molar refractivity (Wildman–Crippen MR) is 73.4 cm³/mol. The first-order valence-electron chi connectivity index (χ1n) is 7.75. The fourth-order valence-corrected chi connectivity index (χ4v) is 3.86. The molecule has 2 aliphatic rings. The summed E-state index contributed by atoms with van der Waals surface area (Å²) in [6.45, 7) is 2.39. The van der Waals surface area contributed by atoms with E-state index in [0.717, 1.165) is 17.8 Å². The molecule has 2 rings (SSSR count). The summed E-state index contributed by atoms with van der Waals surface area (Å²) in [5.41, 5.74) is 3.11. The summed E-state index contributed by atoms with van der Waals surface area (Å²) in [7, 11) is 0. The van der Waals surface area contributed by atoms with Gasteiger partial charge in [0.1, 0.15) is 0 Å². The summed E-state index contributed by atoms with van der Waals surface area (Å²) in [5, 5.41) is 0. The average molecular weight is 238 g/mol. The van der Waals surface area contributed by atoms with Crippen LogP contribution >= 0.6 is 0 Å². The van der Waals surface area contributed by atoms with Gasteiger partial charge < -0.3 is 0 Å². The largest absolute Gasteiger partial charge is 0.271 e. The van der Waals surface area contributed by atoms with Gasteiger partial charge >= 0.3 is 0 Å². The Morgan fingerprint density at radius 1 is 1.06 bits per heavy atom. The van der Waals surface area contributed by atoms with E-state index in [0.29, 0.717) is 6.04 Å². The molecule has 0 amide bonds. The molecule has 0 aliphatic heterocycles. The summed E-state index contributed by atoms with van der Waals surface area (Å²) in [4.78, 5) is 0. The lowest BCUT2D eigenvalue weighted by Gasteiger charge is -2.32. The third-order valence-corrected chi connectivity index (χ3v) is 5.20. The topological polar surface area (TPSA) is 38.0 Å². The van der Waals surface area contributed by atoms with Gasteiger partial charge in [-0.05, 0) is 43.4 Å². The van der Waals surface area contributed by atoms with Crippen molar-refractivity contribution in [1.82, 2.24) is 5.43 Å². The molecule has 0 bridgehead atoms. The second-order valence-electron chi connectivity index (χ2n) is 6.52. The second kappa shape index (κ2) is 6.75. The maximum Gasteiger partial charge on any atom is 0.0238 e. The lowest BCUT2D eigenvalue weighted by atomic mass is 9.77. The highest BCUT2D eigenvalue weighted by Crippen LogP contribution is 2.34. The minimum absolute atomic E-state index is 0.586. The maximum atomic E-state index is 5.77. The minimum Gasteiger partial charge on any atom is -0.271 e. The van der Waals surface area contributed by atoms with Crippen molar-refractivity contribution in [3.05, 3.63) is 0 Å². The molecule has 0 saturated heterocycles. The summed E-state index contributed by atoms with van der Waals surface area (Å²) < 4.78 is 0. The van der Waals surface area contributed by atoms with Crippen molar-refractivity contribution in [3.63, 3.8) is 0 Å². The van der Waals surface area contributed by atoms with Crippen LogP contribution in [0.3, 0.4) is 0 Å². The summed E-state index contributed by atoms with van der Waals surface area (Å²) in [6, 6.07) is 0.586. The molecule has 0 aromatic heterocycles. The molecule has 1 atom stereocenters. The number of rotatable bonds is 5. The Bertz CT molecular complexity index is 203. The lowest BCUT2D eigenvalue weighted by Crippen LogP contribution is -2.42. The lowest BCUT2D eigenvalue weighted by molar-refractivity contribution is 0.215. The van der Waals surface area contributed by atoms with Crippen LogP contribution in [0.25, 0.3) is 0 Å². The Kier molecular flexibility index (Phi) is 5.30. The number of hydrogen-bond acceptors (Lipinski definition) is 2. The molecule has 2 heteroatoms. The SMILES string of the molecule is CC1CCC(C(CCC2CCCC2)NN)CC1. The molecule has 0 heterocycles. The first kappa shape index (κ1) is 13.4. The molecule has 0 aromatic carbocycles. The van der Waals surface area contributed by atoms with Crippen LogP contribution in [-0.2, 0) is 0 Å². The molecule has 3 N–H and O–H groups in total. The molecule has 17 heavy (non-hydrogen) atoms. The van der Waals surface area contributed by atoms with E-state index in [4.69, 9.17) is 5.84 Å². The molecule has 2 nitrogen and oxygen atoms in total. The molecule has 0 radical (unpaired) electrons. The van der Waals surface area contributed by atoms with Crippen molar-refractivity contribution in [2.75, 3.05) is 0 Å². The fraction of sp³-hybridized carbons (Fsp3) is 1.00. The molecule has 2 aliphatic carbocycles. The zero-order chi connectivity index (χ0) is 12.1. The van der Waals surface area contributed by atoms with E-state index in [1.807, 2.05) is 0 Å². The normalized spacial score (nSPS) is 32.8. The first-order valence-corrected chi connectivity index (χ1v) is 7.75. The Labute approximate surface area is 107 Å². The first-order chi connectivity index (χ1) is 8.29. The van der Waals surface area contributed by atoms with Gasteiger partial charge in [-0.3, -0.25) is 11.3 Å². The smallest absolute Gasteiger partial charge is 0.0238 e. The Balaban J connectivity index is 1.71. The highest BCUT2D eigenvalue weighted by atomic mass is 15.2. The van der Waals surface area contributed by atoms with E-state index >= 15 is 0 Å². The van der Waals surface area contributed by atoms with E-state index in [-0.39, 0.29) is 0 Å². The van der Waals surface area contributed by atoms with Crippen LogP contribution < -0.4 is 11.3 Å². The zero-order valence-electron chi connectivity index (χ0n) is 11.5. The van der Waals surface area contributed by atoms with Crippen LogP contribution in [0.5, 0.6) is 0 Å². The van der Waals surface area contributed by atoms with Crippen molar-refractivity contribution >= 4 is 0 Å². The van der Waals surface area contributed by atoms with Crippen LogP contribution in [0.1, 0.15) is 71.1 Å². The van der Waals surface area contributed by atoms with Crippen molar-refractivity contribution < 1.29 is 0 Å². The van der Waals surface area contributed by atoms with Gasteiger partial charge in [0, 0.05) is 6.04 Å². The highest BCUT2D eigenvalue weighted by Gasteiger charge is 2.26. The Morgan fingerprint density at radius 3 is 2.29 bits per heavy atom. The average Bonchev–Trinajstić information content (AvgIpc) is 2.85. The minimum atomic E-state index is 0.586. The quantitative estimate of drug-likeness (QED) is 0.567. The molecule has 2 fully saturated rings. The van der Waals surface area contributed by atoms with Crippen LogP contribution in [0.4, 0.5) is 0 Å². The summed E-state index contributed by atoms with van der Waals surface area (Å²) in [5.74, 6) is 8.57.